The quantitative estimate of drug-likeness (QED) is 0.356. The van der Waals surface area contributed by atoms with E-state index in [4.69, 9.17) is 12.2 Å². The molecule has 214 valence electrons. The van der Waals surface area contributed by atoms with Crippen molar-refractivity contribution in [1.29, 1.82) is 0 Å². The van der Waals surface area contributed by atoms with E-state index in [0.29, 0.717) is 49.0 Å². The molecule has 2 heterocycles. The minimum Gasteiger partial charge on any atom is -0.406 e. The van der Waals surface area contributed by atoms with Crippen molar-refractivity contribution in [3.8, 4) is 5.75 Å². The summed E-state index contributed by atoms with van der Waals surface area (Å²) in [5.41, 5.74) is 0.980. The summed E-state index contributed by atoms with van der Waals surface area (Å²) in [6.07, 6.45) is -3.24. The molecule has 12 heteroatoms. The summed E-state index contributed by atoms with van der Waals surface area (Å²) in [5.74, 6) is 0.949. The number of rotatable bonds is 13. The molecule has 1 atom stereocenters. The number of alkyl halides is 3. The van der Waals surface area contributed by atoms with E-state index >= 15 is 0 Å². The number of likely N-dealkylation sites (N-methyl/N-ethyl adjacent to an activating group) is 1. The summed E-state index contributed by atoms with van der Waals surface area (Å²) in [4.78, 5) is 27.4. The number of nitrogens with zero attached hydrogens (tertiary/aromatic N) is 4. The van der Waals surface area contributed by atoms with Crippen LogP contribution < -0.4 is 15.4 Å². The first-order valence-electron chi connectivity index (χ1n) is 13.0. The van der Waals surface area contributed by atoms with Crippen LogP contribution in [0.5, 0.6) is 5.75 Å². The Bertz CT molecular complexity index is 1130. The minimum absolute atomic E-state index is 0.0478. The predicted molar refractivity (Wildman–Crippen MR) is 149 cm³/mol. The van der Waals surface area contributed by atoms with Crippen LogP contribution in [0, 0.1) is 12.3 Å². The van der Waals surface area contributed by atoms with E-state index in [1.54, 1.807) is 12.1 Å². The Morgan fingerprint density at radius 3 is 2.54 bits per heavy atom. The Kier molecular flexibility index (Phi) is 10.6. The fourth-order valence-corrected chi connectivity index (χ4v) is 4.85. The lowest BCUT2D eigenvalue weighted by molar-refractivity contribution is -0.274. The van der Waals surface area contributed by atoms with Gasteiger partial charge in [-0.3, -0.25) is 4.79 Å². The summed E-state index contributed by atoms with van der Waals surface area (Å²) in [5, 5.41) is 6.49. The number of likely N-dealkylation sites (tertiary alicyclic amines) is 1. The molecule has 1 aromatic carbocycles. The third kappa shape index (κ3) is 9.70. The van der Waals surface area contributed by atoms with Crippen LogP contribution in [-0.4, -0.2) is 90.3 Å². The van der Waals surface area contributed by atoms with Crippen LogP contribution in [0.1, 0.15) is 30.4 Å². The first-order chi connectivity index (χ1) is 18.4. The van der Waals surface area contributed by atoms with Crippen molar-refractivity contribution in [3.05, 3.63) is 47.4 Å². The van der Waals surface area contributed by atoms with Gasteiger partial charge >= 0.3 is 6.36 Å². The normalized spacial score (nSPS) is 17.8. The highest BCUT2D eigenvalue weighted by Gasteiger charge is 2.44. The number of hydrogen-bond donors (Lipinski definition) is 2. The van der Waals surface area contributed by atoms with Crippen LogP contribution in [-0.2, 0) is 17.6 Å². The first-order valence-corrected chi connectivity index (χ1v) is 13.4. The summed E-state index contributed by atoms with van der Waals surface area (Å²) >= 11 is 5.54. The number of benzene rings is 1. The fraction of sp³-hybridized carbons (Fsp3) is 0.556. The van der Waals surface area contributed by atoms with E-state index < -0.39 is 11.8 Å². The number of aryl methyl sites for hydroxylation is 1. The van der Waals surface area contributed by atoms with Gasteiger partial charge in [0.2, 0.25) is 5.91 Å². The lowest BCUT2D eigenvalue weighted by atomic mass is 9.85. The third-order valence-corrected chi connectivity index (χ3v) is 6.92. The van der Waals surface area contributed by atoms with Gasteiger partial charge in [0.25, 0.3) is 0 Å². The number of thiocarbonyl (C=S) groups is 1. The van der Waals surface area contributed by atoms with E-state index in [-0.39, 0.29) is 11.7 Å². The zero-order valence-corrected chi connectivity index (χ0v) is 23.7. The van der Waals surface area contributed by atoms with Crippen molar-refractivity contribution >= 4 is 28.8 Å². The Hall–Kier alpha value is -2.83. The zero-order valence-electron chi connectivity index (χ0n) is 22.9. The van der Waals surface area contributed by atoms with Gasteiger partial charge in [-0.05, 0) is 58.2 Å². The van der Waals surface area contributed by atoms with Crippen molar-refractivity contribution in [2.45, 2.75) is 39.5 Å². The molecule has 1 aromatic heterocycles. The van der Waals surface area contributed by atoms with Gasteiger partial charge in [-0.1, -0.05) is 31.3 Å². The highest BCUT2D eigenvalue weighted by molar-refractivity contribution is 7.80. The topological polar surface area (TPSA) is 82.6 Å². The maximum Gasteiger partial charge on any atom is 0.573 e. The van der Waals surface area contributed by atoms with E-state index in [0.717, 1.165) is 37.3 Å². The molecule has 39 heavy (non-hydrogen) atoms. The van der Waals surface area contributed by atoms with E-state index in [2.05, 4.69) is 37.2 Å². The van der Waals surface area contributed by atoms with Crippen molar-refractivity contribution in [2.75, 3.05) is 58.7 Å². The van der Waals surface area contributed by atoms with Crippen molar-refractivity contribution in [1.82, 2.24) is 25.1 Å². The second kappa shape index (κ2) is 13.5. The molecular formula is C27H37F3N6O2S. The van der Waals surface area contributed by atoms with Crippen LogP contribution in [0.15, 0.2) is 30.3 Å². The van der Waals surface area contributed by atoms with Crippen LogP contribution in [0.4, 0.5) is 19.0 Å². The van der Waals surface area contributed by atoms with E-state index in [9.17, 15) is 18.0 Å². The van der Waals surface area contributed by atoms with Crippen molar-refractivity contribution in [3.63, 3.8) is 0 Å². The number of aromatic nitrogens is 2. The molecule has 1 saturated heterocycles. The van der Waals surface area contributed by atoms with Gasteiger partial charge in [-0.2, -0.15) is 0 Å². The number of halogens is 3. The number of ether oxygens (including phenoxy) is 1. The number of carbonyl (C=O) groups excluding carboxylic acids is 1. The molecule has 0 bridgehead atoms. The average Bonchev–Trinajstić information content (AvgIpc) is 3.27. The lowest BCUT2D eigenvalue weighted by Gasteiger charge is -2.29. The first kappa shape index (κ1) is 30.7. The zero-order chi connectivity index (χ0) is 28.6. The molecule has 3 rings (SSSR count). The largest absolute Gasteiger partial charge is 0.573 e. The third-order valence-electron chi connectivity index (χ3n) is 6.63. The van der Waals surface area contributed by atoms with Gasteiger partial charge in [-0.25, -0.2) is 9.97 Å². The van der Waals surface area contributed by atoms with Gasteiger partial charge < -0.3 is 25.2 Å². The Morgan fingerprint density at radius 1 is 1.21 bits per heavy atom. The molecular weight excluding hydrogens is 529 g/mol. The summed E-state index contributed by atoms with van der Waals surface area (Å²) < 4.78 is 41.1. The molecule has 2 aromatic rings. The number of nitrogens with one attached hydrogen (secondary N) is 2. The Morgan fingerprint density at radius 2 is 1.92 bits per heavy atom. The molecule has 2 N–H and O–H groups in total. The molecule has 1 aliphatic rings. The number of amides is 1. The van der Waals surface area contributed by atoms with Crippen LogP contribution >= 0.6 is 12.2 Å². The van der Waals surface area contributed by atoms with Crippen molar-refractivity contribution in [2.24, 2.45) is 5.41 Å². The number of carbonyl (C=O) groups is 1. The van der Waals surface area contributed by atoms with Gasteiger partial charge in [-0.15, -0.1) is 13.2 Å². The number of anilines is 1. The Labute approximate surface area is 233 Å². The fourth-order valence-electron chi connectivity index (χ4n) is 4.55. The SMILES string of the molecule is CCN1CCC(CNc2cc(C)nc(CC(=S)Cc3ccc(OC(F)(F)F)cc3)n2)(C(=O)NCCN(C)C)C1. The van der Waals surface area contributed by atoms with Crippen LogP contribution in [0.25, 0.3) is 0 Å². The minimum atomic E-state index is -4.73. The smallest absolute Gasteiger partial charge is 0.406 e. The van der Waals surface area contributed by atoms with Gasteiger partial charge in [0, 0.05) is 55.6 Å². The second-order valence-corrected chi connectivity index (χ2v) is 10.8. The molecule has 0 aliphatic carbocycles. The van der Waals surface area contributed by atoms with Gasteiger partial charge in [0.15, 0.2) is 0 Å². The molecule has 1 aliphatic heterocycles. The Balaban J connectivity index is 1.63. The molecule has 1 unspecified atom stereocenters. The summed E-state index contributed by atoms with van der Waals surface area (Å²) in [7, 11) is 3.95. The van der Waals surface area contributed by atoms with E-state index in [1.807, 2.05) is 32.0 Å². The molecule has 1 amide bonds. The standard InChI is InChI=1S/C27H37F3N6O2S/c1-5-36-12-10-26(18-36,25(37)31-11-13-35(3)4)17-32-23-14-19(2)33-24(34-23)16-22(39)15-20-6-8-21(9-7-20)38-27(28,29)30/h6-9,14H,5,10-13,15-18H2,1-4H3,(H,31,37)(H,32,33,34). The molecule has 8 nitrogen and oxygen atoms in total. The molecule has 0 spiro atoms. The van der Waals surface area contributed by atoms with Crippen LogP contribution in [0.2, 0.25) is 0 Å². The predicted octanol–water partition coefficient (Wildman–Crippen LogP) is 3.64. The highest BCUT2D eigenvalue weighted by Crippen LogP contribution is 2.31. The highest BCUT2D eigenvalue weighted by atomic mass is 32.1. The second-order valence-electron chi connectivity index (χ2n) is 10.2. The maximum absolute atomic E-state index is 13.3. The average molecular weight is 567 g/mol. The van der Waals surface area contributed by atoms with Crippen LogP contribution in [0.3, 0.4) is 0 Å². The lowest BCUT2D eigenvalue weighted by Crippen LogP contribution is -2.48. The van der Waals surface area contributed by atoms with Gasteiger partial charge in [0.1, 0.15) is 17.4 Å². The summed E-state index contributed by atoms with van der Waals surface area (Å²) in [6, 6.07) is 7.50. The van der Waals surface area contributed by atoms with E-state index in [1.165, 1.54) is 12.1 Å². The molecule has 1 fully saturated rings. The monoisotopic (exact) mass is 566 g/mol. The molecule has 0 saturated carbocycles. The maximum atomic E-state index is 13.3. The molecule has 0 radical (unpaired) electrons. The summed E-state index contributed by atoms with van der Waals surface area (Å²) in [6.45, 7) is 8.21. The van der Waals surface area contributed by atoms with Crippen molar-refractivity contribution < 1.29 is 22.7 Å². The van der Waals surface area contributed by atoms with Gasteiger partial charge in [0.05, 0.1) is 5.41 Å². The number of hydrogen-bond acceptors (Lipinski definition) is 8.